The lowest BCUT2D eigenvalue weighted by atomic mass is 10.0. The molecule has 5 heteroatoms. The number of carboxylic acids is 1. The number of hydrogen-bond donors (Lipinski definition) is 1. The van der Waals surface area contributed by atoms with Gasteiger partial charge in [-0.1, -0.05) is 5.16 Å². The first kappa shape index (κ1) is 11.0. The van der Waals surface area contributed by atoms with Gasteiger partial charge in [0.15, 0.2) is 0 Å². The predicted molar refractivity (Wildman–Crippen MR) is 52.3 cm³/mol. The largest absolute Gasteiger partial charge is 0.479 e. The van der Waals surface area contributed by atoms with Crippen molar-refractivity contribution >= 4 is 11.7 Å². The maximum Gasteiger partial charge on any atom is 0.344 e. The monoisotopic (exact) mass is 200 g/mol. The van der Waals surface area contributed by atoms with Crippen LogP contribution in [-0.4, -0.2) is 47.9 Å². The van der Waals surface area contributed by atoms with Crippen molar-refractivity contribution in [3.05, 3.63) is 0 Å². The molecule has 0 bridgehead atoms. The van der Waals surface area contributed by atoms with Gasteiger partial charge in [-0.2, -0.15) is 0 Å². The summed E-state index contributed by atoms with van der Waals surface area (Å²) in [5.74, 6) is -0.990. The third kappa shape index (κ3) is 3.33. The van der Waals surface area contributed by atoms with Crippen LogP contribution in [0.15, 0.2) is 5.16 Å². The highest BCUT2D eigenvalue weighted by Crippen LogP contribution is 2.12. The molecule has 0 saturated carbocycles. The van der Waals surface area contributed by atoms with Gasteiger partial charge in [0.05, 0.1) is 5.71 Å². The van der Waals surface area contributed by atoms with Crippen molar-refractivity contribution in [3.8, 4) is 0 Å². The molecule has 5 nitrogen and oxygen atoms in total. The van der Waals surface area contributed by atoms with Gasteiger partial charge in [-0.15, -0.1) is 0 Å². The van der Waals surface area contributed by atoms with E-state index < -0.39 is 5.97 Å². The van der Waals surface area contributed by atoms with Gasteiger partial charge in [0.2, 0.25) is 6.61 Å². The highest BCUT2D eigenvalue weighted by Gasteiger charge is 2.19. The molecule has 1 aliphatic rings. The maximum absolute atomic E-state index is 10.2. The van der Waals surface area contributed by atoms with Crippen LogP contribution in [0.3, 0.4) is 0 Å². The molecule has 1 atom stereocenters. The molecule has 0 spiro atoms. The van der Waals surface area contributed by atoms with Crippen molar-refractivity contribution in [2.75, 3.05) is 20.2 Å². The summed E-state index contributed by atoms with van der Waals surface area (Å²) >= 11 is 0. The summed E-state index contributed by atoms with van der Waals surface area (Å²) in [5, 5.41) is 12.2. The first-order valence-electron chi connectivity index (χ1n) is 4.69. The molecule has 0 aliphatic carbocycles. The molecular formula is C9H16N2O3. The molecule has 1 heterocycles. The van der Waals surface area contributed by atoms with Crippen molar-refractivity contribution in [2.24, 2.45) is 5.16 Å². The zero-order valence-corrected chi connectivity index (χ0v) is 8.56. The minimum Gasteiger partial charge on any atom is -0.479 e. The number of aliphatic carboxylic acids is 1. The lowest BCUT2D eigenvalue weighted by Gasteiger charge is -2.29. The van der Waals surface area contributed by atoms with Gasteiger partial charge in [0, 0.05) is 25.4 Å². The van der Waals surface area contributed by atoms with Crippen LogP contribution < -0.4 is 0 Å². The number of rotatable bonds is 3. The van der Waals surface area contributed by atoms with E-state index in [0.29, 0.717) is 6.04 Å². The standard InChI is InChI=1S/C9H16N2O3/c1-7-5-8(3-4-11(7)2)10-14-6-9(12)13/h7H,3-6H2,1-2H3,(H,12,13). The summed E-state index contributed by atoms with van der Waals surface area (Å²) in [5.41, 5.74) is 0.955. The number of piperidine rings is 1. The minimum absolute atomic E-state index is 0.353. The van der Waals surface area contributed by atoms with Crippen LogP contribution in [0, 0.1) is 0 Å². The molecule has 0 amide bonds. The highest BCUT2D eigenvalue weighted by atomic mass is 16.6. The van der Waals surface area contributed by atoms with E-state index in [9.17, 15) is 4.79 Å². The Labute approximate surface area is 83.3 Å². The first-order valence-corrected chi connectivity index (χ1v) is 4.69. The maximum atomic E-state index is 10.2. The summed E-state index contributed by atoms with van der Waals surface area (Å²) in [7, 11) is 2.07. The van der Waals surface area contributed by atoms with Crippen LogP contribution >= 0.6 is 0 Å². The zero-order chi connectivity index (χ0) is 10.6. The van der Waals surface area contributed by atoms with Crippen LogP contribution in [0.2, 0.25) is 0 Å². The molecule has 1 fully saturated rings. The Morgan fingerprint density at radius 2 is 2.50 bits per heavy atom. The van der Waals surface area contributed by atoms with Gasteiger partial charge >= 0.3 is 5.97 Å². The Balaban J connectivity index is 2.34. The summed E-state index contributed by atoms with van der Waals surface area (Å²) in [6, 6.07) is 0.455. The van der Waals surface area contributed by atoms with E-state index in [-0.39, 0.29) is 6.61 Å². The van der Waals surface area contributed by atoms with Crippen molar-refractivity contribution in [1.29, 1.82) is 0 Å². The van der Waals surface area contributed by atoms with Gasteiger partial charge in [-0.05, 0) is 14.0 Å². The van der Waals surface area contributed by atoms with E-state index in [2.05, 4.69) is 28.9 Å². The van der Waals surface area contributed by atoms with E-state index in [1.165, 1.54) is 0 Å². The second-order valence-corrected chi connectivity index (χ2v) is 3.61. The minimum atomic E-state index is -0.990. The van der Waals surface area contributed by atoms with E-state index >= 15 is 0 Å². The number of nitrogens with zero attached hydrogens (tertiary/aromatic N) is 2. The summed E-state index contributed by atoms with van der Waals surface area (Å²) in [6.45, 7) is 2.72. The molecule has 1 N–H and O–H groups in total. The Morgan fingerprint density at radius 1 is 1.79 bits per heavy atom. The first-order chi connectivity index (χ1) is 6.59. The number of hydrogen-bond acceptors (Lipinski definition) is 4. The molecule has 0 aromatic rings. The Kier molecular flexibility index (Phi) is 3.88. The van der Waals surface area contributed by atoms with Crippen LogP contribution in [0.4, 0.5) is 0 Å². The van der Waals surface area contributed by atoms with Gasteiger partial charge < -0.3 is 14.8 Å². The second-order valence-electron chi connectivity index (χ2n) is 3.61. The fourth-order valence-corrected chi connectivity index (χ4v) is 1.39. The number of carboxylic acid groups (broad SMARTS) is 1. The Morgan fingerprint density at radius 3 is 3.07 bits per heavy atom. The molecule has 1 aliphatic heterocycles. The topological polar surface area (TPSA) is 62.1 Å². The van der Waals surface area contributed by atoms with E-state index in [0.717, 1.165) is 25.1 Å². The highest BCUT2D eigenvalue weighted by molar-refractivity contribution is 5.85. The average Bonchev–Trinajstić information content (AvgIpc) is 2.10. The van der Waals surface area contributed by atoms with Gasteiger partial charge in [-0.25, -0.2) is 4.79 Å². The smallest absolute Gasteiger partial charge is 0.344 e. The summed E-state index contributed by atoms with van der Waals surface area (Å²) in [4.78, 5) is 17.1. The number of carbonyl (C=O) groups is 1. The van der Waals surface area contributed by atoms with Gasteiger partial charge in [0.1, 0.15) is 0 Å². The molecule has 14 heavy (non-hydrogen) atoms. The summed E-state index contributed by atoms with van der Waals surface area (Å²) in [6.07, 6.45) is 1.72. The van der Waals surface area contributed by atoms with Crippen LogP contribution in [-0.2, 0) is 9.63 Å². The van der Waals surface area contributed by atoms with Gasteiger partial charge in [0.25, 0.3) is 0 Å². The number of oxime groups is 1. The Hall–Kier alpha value is -1.10. The van der Waals surface area contributed by atoms with Crippen LogP contribution in [0.1, 0.15) is 19.8 Å². The third-order valence-electron chi connectivity index (χ3n) is 2.42. The average molecular weight is 200 g/mol. The van der Waals surface area contributed by atoms with Crippen molar-refractivity contribution in [3.63, 3.8) is 0 Å². The Bertz CT molecular complexity index is 240. The number of likely N-dealkylation sites (tertiary alicyclic amines) is 1. The van der Waals surface area contributed by atoms with E-state index in [1.807, 2.05) is 0 Å². The molecule has 0 radical (unpaired) electrons. The fraction of sp³-hybridized carbons (Fsp3) is 0.778. The molecule has 80 valence electrons. The zero-order valence-electron chi connectivity index (χ0n) is 8.56. The van der Waals surface area contributed by atoms with Crippen molar-refractivity contribution in [1.82, 2.24) is 4.90 Å². The van der Waals surface area contributed by atoms with Crippen LogP contribution in [0.5, 0.6) is 0 Å². The van der Waals surface area contributed by atoms with Gasteiger partial charge in [-0.3, -0.25) is 0 Å². The molecule has 1 unspecified atom stereocenters. The molecule has 1 saturated heterocycles. The van der Waals surface area contributed by atoms with Crippen molar-refractivity contribution in [2.45, 2.75) is 25.8 Å². The lowest BCUT2D eigenvalue weighted by Crippen LogP contribution is -2.38. The molecule has 0 aromatic carbocycles. The van der Waals surface area contributed by atoms with Crippen LogP contribution in [0.25, 0.3) is 0 Å². The second kappa shape index (κ2) is 4.95. The quantitative estimate of drug-likeness (QED) is 0.676. The normalized spacial score (nSPS) is 26.4. The van der Waals surface area contributed by atoms with Crippen molar-refractivity contribution < 1.29 is 14.7 Å². The predicted octanol–water partition coefficient (Wildman–Crippen LogP) is 0.558. The fourth-order valence-electron chi connectivity index (χ4n) is 1.39. The molecule has 1 rings (SSSR count). The van der Waals surface area contributed by atoms with E-state index in [1.54, 1.807) is 0 Å². The van der Waals surface area contributed by atoms with E-state index in [4.69, 9.17) is 5.11 Å². The summed E-state index contributed by atoms with van der Waals surface area (Å²) < 4.78 is 0. The third-order valence-corrected chi connectivity index (χ3v) is 2.42. The lowest BCUT2D eigenvalue weighted by molar-refractivity contribution is -0.142. The SMILES string of the molecule is CC1CC(=NOCC(=O)O)CCN1C. The molecule has 0 aromatic heterocycles. The molecular weight excluding hydrogens is 184 g/mol.